The number of pyridine rings is 2. The Morgan fingerprint density at radius 1 is 1.03 bits per heavy atom. The topological polar surface area (TPSA) is 54.9 Å². The molecular formula is C25H22ClN3O. The molecule has 0 spiro atoms. The number of nitrogens with zero attached hydrogens (tertiary/aromatic N) is 2. The van der Waals surface area contributed by atoms with Crippen molar-refractivity contribution in [2.45, 2.75) is 26.3 Å². The molecule has 0 fully saturated rings. The van der Waals surface area contributed by atoms with E-state index < -0.39 is 0 Å². The van der Waals surface area contributed by atoms with Gasteiger partial charge in [-0.15, -0.1) is 0 Å². The van der Waals surface area contributed by atoms with Crippen molar-refractivity contribution in [3.63, 3.8) is 0 Å². The summed E-state index contributed by atoms with van der Waals surface area (Å²) in [5, 5.41) is 4.21. The van der Waals surface area contributed by atoms with Crippen molar-refractivity contribution >= 4 is 28.4 Å². The van der Waals surface area contributed by atoms with Gasteiger partial charge in [-0.25, -0.2) is 9.97 Å². The number of fused-ring (bicyclic) bond motifs is 1. The van der Waals surface area contributed by atoms with Gasteiger partial charge in [-0.05, 0) is 36.6 Å². The lowest BCUT2D eigenvalue weighted by atomic mass is 9.96. The van der Waals surface area contributed by atoms with Crippen LogP contribution in [0.4, 0.5) is 0 Å². The van der Waals surface area contributed by atoms with Crippen LogP contribution in [-0.4, -0.2) is 21.9 Å². The van der Waals surface area contributed by atoms with E-state index in [2.05, 4.69) is 52.8 Å². The maximum atomic E-state index is 11.3. The van der Waals surface area contributed by atoms with E-state index in [0.29, 0.717) is 5.15 Å². The highest BCUT2D eigenvalue weighted by atomic mass is 35.5. The molecule has 2 heterocycles. The number of carbonyl (C=O) groups excluding carboxylic acids is 1. The summed E-state index contributed by atoms with van der Waals surface area (Å²) in [6, 6.07) is 22.5. The Morgan fingerprint density at radius 3 is 2.47 bits per heavy atom. The first kappa shape index (κ1) is 20.0. The second kappa shape index (κ2) is 8.64. The normalized spacial score (nSPS) is 12.0. The molecule has 0 radical (unpaired) electrons. The fourth-order valence-corrected chi connectivity index (χ4v) is 3.88. The molecular weight excluding hydrogens is 394 g/mol. The summed E-state index contributed by atoms with van der Waals surface area (Å²) in [6.07, 6.45) is 2.45. The highest BCUT2D eigenvalue weighted by molar-refractivity contribution is 6.34. The van der Waals surface area contributed by atoms with Gasteiger partial charge < -0.3 is 5.32 Å². The minimum absolute atomic E-state index is 0.0138. The number of amides is 1. The monoisotopic (exact) mass is 415 g/mol. The third-order valence-electron chi connectivity index (χ3n) is 5.00. The molecule has 1 unspecified atom stereocenters. The first-order valence-corrected chi connectivity index (χ1v) is 10.3. The number of carbonyl (C=O) groups is 1. The van der Waals surface area contributed by atoms with Gasteiger partial charge in [0.1, 0.15) is 5.15 Å². The van der Waals surface area contributed by atoms with E-state index in [1.807, 2.05) is 31.2 Å². The molecule has 30 heavy (non-hydrogen) atoms. The zero-order chi connectivity index (χ0) is 21.1. The summed E-state index contributed by atoms with van der Waals surface area (Å²) < 4.78 is 0. The highest BCUT2D eigenvalue weighted by Crippen LogP contribution is 2.35. The molecule has 0 saturated heterocycles. The Balaban J connectivity index is 1.77. The van der Waals surface area contributed by atoms with Crippen LogP contribution in [0.5, 0.6) is 0 Å². The van der Waals surface area contributed by atoms with Gasteiger partial charge in [0.25, 0.3) is 0 Å². The molecule has 5 heteroatoms. The van der Waals surface area contributed by atoms with Crippen LogP contribution >= 0.6 is 11.6 Å². The van der Waals surface area contributed by atoms with Crippen molar-refractivity contribution in [1.29, 1.82) is 0 Å². The molecule has 0 aliphatic carbocycles. The molecule has 0 saturated carbocycles. The van der Waals surface area contributed by atoms with Crippen LogP contribution in [0.15, 0.2) is 72.9 Å². The Labute approximate surface area is 181 Å². The van der Waals surface area contributed by atoms with E-state index in [1.165, 1.54) is 6.92 Å². The molecule has 4 nitrogen and oxygen atoms in total. The zero-order valence-electron chi connectivity index (χ0n) is 16.9. The van der Waals surface area contributed by atoms with Crippen molar-refractivity contribution in [1.82, 2.24) is 15.3 Å². The highest BCUT2D eigenvalue weighted by Gasteiger charge is 2.14. The number of rotatable bonds is 5. The lowest BCUT2D eigenvalue weighted by molar-refractivity contribution is -0.119. The zero-order valence-corrected chi connectivity index (χ0v) is 17.6. The number of hydrogen-bond donors (Lipinski definition) is 1. The summed E-state index contributed by atoms with van der Waals surface area (Å²) in [6.45, 7) is 3.55. The second-order valence-corrected chi connectivity index (χ2v) is 7.78. The van der Waals surface area contributed by atoms with Crippen molar-refractivity contribution in [2.24, 2.45) is 0 Å². The van der Waals surface area contributed by atoms with Gasteiger partial charge >= 0.3 is 0 Å². The van der Waals surface area contributed by atoms with Crippen LogP contribution in [0.25, 0.3) is 33.3 Å². The molecule has 1 N–H and O–H groups in total. The van der Waals surface area contributed by atoms with E-state index in [0.717, 1.165) is 45.3 Å². The smallest absolute Gasteiger partial charge is 0.217 e. The number of nitrogens with one attached hydrogen (secondary N) is 1. The standard InChI is InChI=1S/C25H22ClN3O/c1-16(28-17(2)30)14-18-8-10-20(11-9-18)24-21(19-6-4-3-5-7-19)15-22-23(29-24)12-13-27-25(22)26/h3-13,15-16H,14H2,1-2H3,(H,28,30). The third-order valence-corrected chi connectivity index (χ3v) is 5.30. The quantitative estimate of drug-likeness (QED) is 0.426. The average Bonchev–Trinajstić information content (AvgIpc) is 2.74. The van der Waals surface area contributed by atoms with E-state index in [-0.39, 0.29) is 11.9 Å². The van der Waals surface area contributed by atoms with E-state index in [1.54, 1.807) is 6.20 Å². The lowest BCUT2D eigenvalue weighted by Gasteiger charge is -2.14. The van der Waals surface area contributed by atoms with Crippen molar-refractivity contribution in [3.05, 3.63) is 83.6 Å². The minimum atomic E-state index is -0.0138. The maximum Gasteiger partial charge on any atom is 0.217 e. The Kier molecular flexibility index (Phi) is 5.77. The molecule has 4 aromatic rings. The first-order chi connectivity index (χ1) is 14.5. The fraction of sp³-hybridized carbons (Fsp3) is 0.160. The van der Waals surface area contributed by atoms with Crippen LogP contribution in [0, 0.1) is 0 Å². The minimum Gasteiger partial charge on any atom is -0.354 e. The van der Waals surface area contributed by atoms with Crippen molar-refractivity contribution < 1.29 is 4.79 Å². The van der Waals surface area contributed by atoms with E-state index in [4.69, 9.17) is 16.6 Å². The van der Waals surface area contributed by atoms with Crippen molar-refractivity contribution in [3.8, 4) is 22.4 Å². The second-order valence-electron chi connectivity index (χ2n) is 7.42. The average molecular weight is 416 g/mol. The third kappa shape index (κ3) is 4.34. The fourth-order valence-electron chi connectivity index (χ4n) is 3.67. The Morgan fingerprint density at radius 2 is 1.77 bits per heavy atom. The van der Waals surface area contributed by atoms with Gasteiger partial charge in [0.05, 0.1) is 11.2 Å². The van der Waals surface area contributed by atoms with Crippen LogP contribution in [0.3, 0.4) is 0 Å². The summed E-state index contributed by atoms with van der Waals surface area (Å²) in [7, 11) is 0. The van der Waals surface area contributed by atoms with Crippen LogP contribution in [0.1, 0.15) is 19.4 Å². The van der Waals surface area contributed by atoms with Crippen LogP contribution in [0.2, 0.25) is 5.15 Å². The maximum absolute atomic E-state index is 11.3. The van der Waals surface area contributed by atoms with Gasteiger partial charge in [-0.3, -0.25) is 4.79 Å². The van der Waals surface area contributed by atoms with E-state index in [9.17, 15) is 4.79 Å². The van der Waals surface area contributed by atoms with Gasteiger partial charge in [0.15, 0.2) is 0 Å². The van der Waals surface area contributed by atoms with Gasteiger partial charge in [-0.2, -0.15) is 0 Å². The Bertz CT molecular complexity index is 1190. The molecule has 1 amide bonds. The summed E-state index contributed by atoms with van der Waals surface area (Å²) >= 11 is 6.34. The van der Waals surface area contributed by atoms with E-state index >= 15 is 0 Å². The number of aromatic nitrogens is 2. The summed E-state index contributed by atoms with van der Waals surface area (Å²) in [5.41, 5.74) is 5.99. The molecule has 4 rings (SSSR count). The number of benzene rings is 2. The number of hydrogen-bond acceptors (Lipinski definition) is 3. The van der Waals surface area contributed by atoms with Gasteiger partial charge in [0, 0.05) is 35.7 Å². The molecule has 1 atom stereocenters. The summed E-state index contributed by atoms with van der Waals surface area (Å²) in [5.74, 6) is -0.0138. The lowest BCUT2D eigenvalue weighted by Crippen LogP contribution is -2.31. The largest absolute Gasteiger partial charge is 0.354 e. The predicted molar refractivity (Wildman–Crippen MR) is 122 cm³/mol. The molecule has 2 aromatic carbocycles. The van der Waals surface area contributed by atoms with Gasteiger partial charge in [-0.1, -0.05) is 66.2 Å². The van der Waals surface area contributed by atoms with Crippen LogP contribution in [-0.2, 0) is 11.2 Å². The number of halogens is 1. The summed E-state index contributed by atoms with van der Waals surface area (Å²) in [4.78, 5) is 20.4. The van der Waals surface area contributed by atoms with Crippen LogP contribution < -0.4 is 5.32 Å². The SMILES string of the molecule is CC(=O)NC(C)Cc1ccc(-c2nc3ccnc(Cl)c3cc2-c2ccccc2)cc1. The molecule has 150 valence electrons. The van der Waals surface area contributed by atoms with Gasteiger partial charge in [0.2, 0.25) is 5.91 Å². The Hall–Kier alpha value is -3.24. The predicted octanol–water partition coefficient (Wildman–Crippen LogP) is 5.68. The first-order valence-electron chi connectivity index (χ1n) is 9.88. The molecule has 2 aromatic heterocycles. The molecule has 0 aliphatic rings. The molecule has 0 bridgehead atoms. The molecule has 0 aliphatic heterocycles. The van der Waals surface area contributed by atoms with Crippen molar-refractivity contribution in [2.75, 3.05) is 0 Å².